The molecule has 0 fully saturated rings. The Morgan fingerprint density at radius 1 is 1.40 bits per heavy atom. The van der Waals surface area contributed by atoms with Gasteiger partial charge in [-0.2, -0.15) is 0 Å². The van der Waals surface area contributed by atoms with Crippen LogP contribution in [0.15, 0.2) is 34.9 Å². The summed E-state index contributed by atoms with van der Waals surface area (Å²) in [5.41, 5.74) is 2.41. The third-order valence-electron chi connectivity index (χ3n) is 3.25. The topological polar surface area (TPSA) is 24.9 Å². The lowest BCUT2D eigenvalue weighted by Crippen LogP contribution is -2.21. The van der Waals surface area contributed by atoms with Crippen molar-refractivity contribution in [2.75, 3.05) is 7.05 Å². The first-order valence-electron chi connectivity index (χ1n) is 6.34. The molecule has 0 amide bonds. The van der Waals surface area contributed by atoms with Crippen molar-refractivity contribution in [2.45, 2.75) is 19.4 Å². The molecule has 0 radical (unpaired) electrons. The monoisotopic (exact) mass is 356 g/mol. The van der Waals surface area contributed by atoms with Gasteiger partial charge in [0.05, 0.1) is 16.8 Å². The maximum atomic E-state index is 14.4. The number of aryl methyl sites for hydroxylation is 1. The summed E-state index contributed by atoms with van der Waals surface area (Å²) in [4.78, 5) is 4.41. The molecule has 0 aliphatic heterocycles. The van der Waals surface area contributed by atoms with Crippen molar-refractivity contribution in [1.29, 1.82) is 0 Å². The van der Waals surface area contributed by atoms with E-state index in [-0.39, 0.29) is 11.1 Å². The highest BCUT2D eigenvalue weighted by Crippen LogP contribution is 2.33. The minimum Gasteiger partial charge on any atom is -0.308 e. The molecule has 2 aromatic rings. The quantitative estimate of drug-likeness (QED) is 0.815. The molecule has 20 heavy (non-hydrogen) atoms. The van der Waals surface area contributed by atoms with Gasteiger partial charge in [0.1, 0.15) is 5.82 Å². The number of rotatable bonds is 4. The second-order valence-corrected chi connectivity index (χ2v) is 5.62. The largest absolute Gasteiger partial charge is 0.308 e. The molecule has 1 N–H and O–H groups in total. The molecule has 2 rings (SSSR count). The minimum absolute atomic E-state index is 0.0942. The summed E-state index contributed by atoms with van der Waals surface area (Å²) >= 11 is 9.20. The van der Waals surface area contributed by atoms with E-state index < -0.39 is 5.82 Å². The van der Waals surface area contributed by atoms with Crippen LogP contribution in [0.1, 0.15) is 29.8 Å². The van der Waals surface area contributed by atoms with E-state index in [4.69, 9.17) is 11.6 Å². The molecule has 0 spiro atoms. The van der Waals surface area contributed by atoms with E-state index in [2.05, 4.69) is 33.2 Å². The van der Waals surface area contributed by atoms with Gasteiger partial charge in [-0.15, -0.1) is 0 Å². The van der Waals surface area contributed by atoms with E-state index in [1.165, 1.54) is 0 Å². The van der Waals surface area contributed by atoms with Gasteiger partial charge >= 0.3 is 0 Å². The summed E-state index contributed by atoms with van der Waals surface area (Å²) in [7, 11) is 1.79. The fourth-order valence-corrected chi connectivity index (χ4v) is 2.69. The number of hydrogen-bond donors (Lipinski definition) is 1. The standard InChI is InChI=1S/C15H15BrClFN2/c1-3-9-5-4-8-20-14(9)15(19-2)10-6-7-11(16)12(17)13(10)18/h4-8,15,19H,3H2,1-2H3. The Morgan fingerprint density at radius 3 is 2.80 bits per heavy atom. The number of hydrogen-bond acceptors (Lipinski definition) is 2. The first kappa shape index (κ1) is 15.4. The van der Waals surface area contributed by atoms with Crippen LogP contribution in [0, 0.1) is 5.82 Å². The minimum atomic E-state index is -0.423. The SMILES string of the molecule is CCc1cccnc1C(NC)c1ccc(Br)c(Cl)c1F. The molecule has 0 saturated carbocycles. The predicted octanol–water partition coefficient (Wildman–Crippen LogP) is 4.51. The van der Waals surface area contributed by atoms with E-state index in [9.17, 15) is 4.39 Å². The van der Waals surface area contributed by atoms with Gasteiger partial charge in [-0.05, 0) is 47.1 Å². The second kappa shape index (κ2) is 6.66. The normalized spacial score (nSPS) is 12.4. The van der Waals surface area contributed by atoms with E-state index in [1.54, 1.807) is 25.4 Å². The zero-order valence-electron chi connectivity index (χ0n) is 11.3. The van der Waals surface area contributed by atoms with Crippen molar-refractivity contribution >= 4 is 27.5 Å². The highest BCUT2D eigenvalue weighted by molar-refractivity contribution is 9.10. The van der Waals surface area contributed by atoms with Gasteiger partial charge in [0.15, 0.2) is 0 Å². The Kier molecular flexibility index (Phi) is 5.13. The van der Waals surface area contributed by atoms with Crippen molar-refractivity contribution in [3.8, 4) is 0 Å². The molecule has 0 bridgehead atoms. The Balaban J connectivity index is 2.56. The first-order chi connectivity index (χ1) is 9.60. The molecule has 1 heterocycles. The summed E-state index contributed by atoms with van der Waals surface area (Å²) in [5, 5.41) is 3.21. The van der Waals surface area contributed by atoms with Crippen LogP contribution in [0.5, 0.6) is 0 Å². The molecule has 5 heteroatoms. The fraction of sp³-hybridized carbons (Fsp3) is 0.267. The van der Waals surface area contributed by atoms with Crippen molar-refractivity contribution in [3.05, 3.63) is 62.6 Å². The lowest BCUT2D eigenvalue weighted by molar-refractivity contribution is 0.568. The second-order valence-electron chi connectivity index (χ2n) is 4.39. The smallest absolute Gasteiger partial charge is 0.148 e. The van der Waals surface area contributed by atoms with Gasteiger partial charge < -0.3 is 5.32 Å². The van der Waals surface area contributed by atoms with Crippen LogP contribution in [0.4, 0.5) is 4.39 Å². The van der Waals surface area contributed by atoms with Crippen LogP contribution in [-0.4, -0.2) is 12.0 Å². The van der Waals surface area contributed by atoms with Gasteiger partial charge in [-0.3, -0.25) is 4.98 Å². The summed E-state index contributed by atoms with van der Waals surface area (Å²) < 4.78 is 14.9. The Labute approximate surface area is 131 Å². The summed E-state index contributed by atoms with van der Waals surface area (Å²) in [5.74, 6) is -0.423. The molecule has 2 nitrogen and oxygen atoms in total. The lowest BCUT2D eigenvalue weighted by Gasteiger charge is -2.20. The highest BCUT2D eigenvalue weighted by atomic mass is 79.9. The average Bonchev–Trinajstić information content (AvgIpc) is 2.48. The molecule has 0 aliphatic rings. The van der Waals surface area contributed by atoms with Crippen molar-refractivity contribution in [3.63, 3.8) is 0 Å². The molecule has 0 saturated heterocycles. The van der Waals surface area contributed by atoms with Crippen molar-refractivity contribution < 1.29 is 4.39 Å². The third-order valence-corrected chi connectivity index (χ3v) is 4.50. The molecule has 106 valence electrons. The highest BCUT2D eigenvalue weighted by Gasteiger charge is 2.22. The molecular weight excluding hydrogens is 343 g/mol. The van der Waals surface area contributed by atoms with Crippen LogP contribution >= 0.6 is 27.5 Å². The average molecular weight is 358 g/mol. The van der Waals surface area contributed by atoms with Gasteiger partial charge in [0.2, 0.25) is 0 Å². The van der Waals surface area contributed by atoms with Crippen LogP contribution < -0.4 is 5.32 Å². The Hall–Kier alpha value is -0.970. The Morgan fingerprint density at radius 2 is 2.15 bits per heavy atom. The first-order valence-corrected chi connectivity index (χ1v) is 7.51. The number of benzene rings is 1. The van der Waals surface area contributed by atoms with Gasteiger partial charge in [-0.1, -0.05) is 30.7 Å². The van der Waals surface area contributed by atoms with E-state index in [0.29, 0.717) is 10.0 Å². The van der Waals surface area contributed by atoms with Crippen LogP contribution in [0.2, 0.25) is 5.02 Å². The van der Waals surface area contributed by atoms with Crippen LogP contribution in [0.3, 0.4) is 0 Å². The van der Waals surface area contributed by atoms with Crippen molar-refractivity contribution in [1.82, 2.24) is 10.3 Å². The number of nitrogens with zero attached hydrogens (tertiary/aromatic N) is 1. The lowest BCUT2D eigenvalue weighted by atomic mass is 9.98. The summed E-state index contributed by atoms with van der Waals surface area (Å²) in [6, 6.07) is 7.04. The maximum absolute atomic E-state index is 14.4. The zero-order valence-corrected chi connectivity index (χ0v) is 13.6. The number of pyridine rings is 1. The van der Waals surface area contributed by atoms with E-state index >= 15 is 0 Å². The van der Waals surface area contributed by atoms with Crippen molar-refractivity contribution in [2.24, 2.45) is 0 Å². The van der Waals surface area contributed by atoms with E-state index in [0.717, 1.165) is 17.7 Å². The third kappa shape index (κ3) is 2.87. The summed E-state index contributed by atoms with van der Waals surface area (Å²) in [6.45, 7) is 2.05. The predicted molar refractivity (Wildman–Crippen MR) is 83.6 cm³/mol. The van der Waals surface area contributed by atoms with Gasteiger partial charge in [-0.25, -0.2) is 4.39 Å². The number of aromatic nitrogens is 1. The molecule has 1 atom stereocenters. The molecule has 1 unspecified atom stereocenters. The maximum Gasteiger partial charge on any atom is 0.148 e. The van der Waals surface area contributed by atoms with Crippen LogP contribution in [-0.2, 0) is 6.42 Å². The Bertz CT molecular complexity index is 619. The molecule has 1 aromatic heterocycles. The van der Waals surface area contributed by atoms with E-state index in [1.807, 2.05) is 12.1 Å². The zero-order chi connectivity index (χ0) is 14.7. The summed E-state index contributed by atoms with van der Waals surface area (Å²) in [6.07, 6.45) is 2.56. The number of halogens is 3. The van der Waals surface area contributed by atoms with Crippen LogP contribution in [0.25, 0.3) is 0 Å². The molecular formula is C15H15BrClFN2. The molecule has 0 aliphatic carbocycles. The number of nitrogens with one attached hydrogen (secondary N) is 1. The van der Waals surface area contributed by atoms with Gasteiger partial charge in [0.25, 0.3) is 0 Å². The fourth-order valence-electron chi connectivity index (χ4n) is 2.21. The molecule has 1 aromatic carbocycles. The van der Waals surface area contributed by atoms with Gasteiger partial charge in [0, 0.05) is 16.2 Å².